The minimum atomic E-state index is -0.124. The third-order valence-corrected chi connectivity index (χ3v) is 4.75. The van der Waals surface area contributed by atoms with Crippen molar-refractivity contribution in [1.82, 2.24) is 30.3 Å². The minimum absolute atomic E-state index is 0.124. The summed E-state index contributed by atoms with van der Waals surface area (Å²) >= 11 is 0. The lowest BCUT2D eigenvalue weighted by Gasteiger charge is -2.31. The normalized spacial score (nSPS) is 17.1. The van der Waals surface area contributed by atoms with Crippen LogP contribution in [0.2, 0.25) is 0 Å². The van der Waals surface area contributed by atoms with Gasteiger partial charge in [0.2, 0.25) is 11.7 Å². The third kappa shape index (κ3) is 3.99. The minimum Gasteiger partial charge on any atom is -0.348 e. The molecule has 3 heterocycles. The van der Waals surface area contributed by atoms with E-state index < -0.39 is 0 Å². The van der Waals surface area contributed by atoms with E-state index in [0.29, 0.717) is 18.3 Å². The van der Waals surface area contributed by atoms with E-state index in [9.17, 15) is 4.79 Å². The molecular formula is C19H22N6O2. The fourth-order valence-corrected chi connectivity index (χ4v) is 3.38. The van der Waals surface area contributed by atoms with Gasteiger partial charge in [0.05, 0.1) is 6.54 Å². The third-order valence-electron chi connectivity index (χ3n) is 4.75. The zero-order valence-corrected chi connectivity index (χ0v) is 15.2. The van der Waals surface area contributed by atoms with Gasteiger partial charge in [0.15, 0.2) is 0 Å². The van der Waals surface area contributed by atoms with Crippen LogP contribution in [0.15, 0.2) is 41.2 Å². The largest absolute Gasteiger partial charge is 0.348 e. The molecule has 2 aromatic heterocycles. The van der Waals surface area contributed by atoms with Crippen LogP contribution in [-0.2, 0) is 6.54 Å². The summed E-state index contributed by atoms with van der Waals surface area (Å²) in [7, 11) is 0. The summed E-state index contributed by atoms with van der Waals surface area (Å²) < 4.78 is 5.27. The highest BCUT2D eigenvalue weighted by Gasteiger charge is 2.26. The number of H-pyrrole nitrogens is 1. The number of rotatable bonds is 4. The number of imidazole rings is 1. The van der Waals surface area contributed by atoms with E-state index in [1.165, 1.54) is 0 Å². The van der Waals surface area contributed by atoms with Gasteiger partial charge in [-0.25, -0.2) is 9.78 Å². The molecule has 0 radical (unpaired) electrons. The second-order valence-corrected chi connectivity index (χ2v) is 6.80. The van der Waals surface area contributed by atoms with Crippen LogP contribution < -0.4 is 5.32 Å². The molecule has 0 spiro atoms. The zero-order chi connectivity index (χ0) is 18.6. The summed E-state index contributed by atoms with van der Waals surface area (Å²) in [6, 6.07) is 7.77. The van der Waals surface area contributed by atoms with Crippen LogP contribution in [-0.4, -0.2) is 44.1 Å². The lowest BCUT2D eigenvalue weighted by atomic mass is 9.98. The predicted octanol–water partition coefficient (Wildman–Crippen LogP) is 2.86. The number of aromatic nitrogens is 4. The number of nitrogens with one attached hydrogen (secondary N) is 2. The highest BCUT2D eigenvalue weighted by Crippen LogP contribution is 2.24. The fourth-order valence-electron chi connectivity index (χ4n) is 3.38. The van der Waals surface area contributed by atoms with Gasteiger partial charge in [0.25, 0.3) is 0 Å². The standard InChI is InChI=1S/C19H22N6O2/c1-13-4-2-5-14(10-13)18-23-16(27-24-18)11-22-19(26)25-9-3-6-15(12-25)17-20-7-8-21-17/h2,4-5,7-8,10,15H,3,6,9,11-12H2,1H3,(H,20,21)(H,22,26)/t15-/m0/s1. The molecule has 2 amide bonds. The van der Waals surface area contributed by atoms with Crippen LogP contribution in [0.5, 0.6) is 0 Å². The number of benzene rings is 1. The van der Waals surface area contributed by atoms with Crippen LogP contribution in [0.25, 0.3) is 11.4 Å². The van der Waals surface area contributed by atoms with Crippen molar-refractivity contribution < 1.29 is 9.32 Å². The quantitative estimate of drug-likeness (QED) is 0.739. The lowest BCUT2D eigenvalue weighted by Crippen LogP contribution is -2.44. The van der Waals surface area contributed by atoms with E-state index in [2.05, 4.69) is 25.4 Å². The second kappa shape index (κ2) is 7.61. The molecule has 3 aromatic rings. The molecule has 140 valence electrons. The van der Waals surface area contributed by atoms with Crippen molar-refractivity contribution >= 4 is 6.03 Å². The summed E-state index contributed by atoms with van der Waals surface area (Å²) in [6.45, 7) is 3.61. The van der Waals surface area contributed by atoms with Crippen molar-refractivity contribution in [2.24, 2.45) is 0 Å². The van der Waals surface area contributed by atoms with E-state index in [1.54, 1.807) is 6.20 Å². The Labute approximate surface area is 157 Å². The van der Waals surface area contributed by atoms with Gasteiger partial charge in [0, 0.05) is 37.0 Å². The SMILES string of the molecule is Cc1cccc(-c2noc(CNC(=O)N3CCC[C@H](c4ncc[nH]4)C3)n2)c1. The van der Waals surface area contributed by atoms with Crippen molar-refractivity contribution in [2.45, 2.75) is 32.2 Å². The van der Waals surface area contributed by atoms with Crippen LogP contribution in [0, 0.1) is 6.92 Å². The van der Waals surface area contributed by atoms with E-state index in [1.807, 2.05) is 42.3 Å². The summed E-state index contributed by atoms with van der Waals surface area (Å²) in [6.07, 6.45) is 5.54. The van der Waals surface area contributed by atoms with E-state index in [0.717, 1.165) is 36.3 Å². The maximum Gasteiger partial charge on any atom is 0.317 e. The number of urea groups is 1. The highest BCUT2D eigenvalue weighted by molar-refractivity contribution is 5.74. The molecule has 1 aliphatic rings. The Bertz CT molecular complexity index is 905. The summed E-state index contributed by atoms with van der Waals surface area (Å²) in [5.74, 6) is 2.10. The first-order chi connectivity index (χ1) is 13.2. The Kier molecular flexibility index (Phi) is 4.86. The van der Waals surface area contributed by atoms with E-state index in [-0.39, 0.29) is 18.5 Å². The second-order valence-electron chi connectivity index (χ2n) is 6.80. The molecule has 1 aliphatic heterocycles. The molecule has 4 rings (SSSR count). The number of likely N-dealkylation sites (tertiary alicyclic amines) is 1. The first-order valence-electron chi connectivity index (χ1n) is 9.11. The van der Waals surface area contributed by atoms with Gasteiger partial charge in [-0.15, -0.1) is 0 Å². The van der Waals surface area contributed by atoms with Gasteiger partial charge in [-0.05, 0) is 25.8 Å². The molecule has 0 unspecified atom stereocenters. The van der Waals surface area contributed by atoms with E-state index in [4.69, 9.17) is 4.52 Å². The molecule has 0 bridgehead atoms. The summed E-state index contributed by atoms with van der Waals surface area (Å²) in [5.41, 5.74) is 2.03. The van der Waals surface area contributed by atoms with Gasteiger partial charge in [-0.1, -0.05) is 28.9 Å². The van der Waals surface area contributed by atoms with Crippen molar-refractivity contribution in [3.63, 3.8) is 0 Å². The Morgan fingerprint density at radius 2 is 2.37 bits per heavy atom. The summed E-state index contributed by atoms with van der Waals surface area (Å²) in [5, 5.41) is 6.87. The predicted molar refractivity (Wildman–Crippen MR) is 98.8 cm³/mol. The van der Waals surface area contributed by atoms with Crippen molar-refractivity contribution in [3.05, 3.63) is 53.9 Å². The molecular weight excluding hydrogens is 344 g/mol. The van der Waals surface area contributed by atoms with Crippen molar-refractivity contribution in [2.75, 3.05) is 13.1 Å². The Morgan fingerprint density at radius 1 is 1.44 bits per heavy atom. The Balaban J connectivity index is 1.34. The zero-order valence-electron chi connectivity index (χ0n) is 15.2. The topological polar surface area (TPSA) is 99.9 Å². The van der Waals surface area contributed by atoms with Crippen LogP contribution in [0.4, 0.5) is 4.79 Å². The number of carbonyl (C=O) groups is 1. The molecule has 1 aromatic carbocycles. The van der Waals surface area contributed by atoms with Crippen molar-refractivity contribution in [1.29, 1.82) is 0 Å². The van der Waals surface area contributed by atoms with Gasteiger partial charge in [-0.3, -0.25) is 0 Å². The van der Waals surface area contributed by atoms with Gasteiger partial charge in [0.1, 0.15) is 5.82 Å². The number of hydrogen-bond donors (Lipinski definition) is 2. The number of piperidine rings is 1. The molecule has 0 aliphatic carbocycles. The molecule has 1 fully saturated rings. The maximum atomic E-state index is 12.5. The molecule has 27 heavy (non-hydrogen) atoms. The first kappa shape index (κ1) is 17.3. The van der Waals surface area contributed by atoms with Crippen molar-refractivity contribution in [3.8, 4) is 11.4 Å². The molecule has 2 N–H and O–H groups in total. The number of aromatic amines is 1. The fraction of sp³-hybridized carbons (Fsp3) is 0.368. The molecule has 1 saturated heterocycles. The van der Waals surface area contributed by atoms with Gasteiger partial charge >= 0.3 is 6.03 Å². The molecule has 8 heteroatoms. The average Bonchev–Trinajstić information content (AvgIpc) is 3.38. The number of amides is 2. The molecule has 0 saturated carbocycles. The molecule has 8 nitrogen and oxygen atoms in total. The van der Waals surface area contributed by atoms with E-state index >= 15 is 0 Å². The summed E-state index contributed by atoms with van der Waals surface area (Å²) in [4.78, 5) is 26.1. The number of carbonyl (C=O) groups excluding carboxylic acids is 1. The van der Waals surface area contributed by atoms with Gasteiger partial charge in [-0.2, -0.15) is 4.98 Å². The Morgan fingerprint density at radius 3 is 3.19 bits per heavy atom. The highest BCUT2D eigenvalue weighted by atomic mass is 16.5. The maximum absolute atomic E-state index is 12.5. The van der Waals surface area contributed by atoms with Gasteiger partial charge < -0.3 is 19.7 Å². The number of aryl methyl sites for hydroxylation is 1. The van der Waals surface area contributed by atoms with Crippen LogP contribution in [0.1, 0.15) is 36.0 Å². The Hall–Kier alpha value is -3.16. The monoisotopic (exact) mass is 366 g/mol. The average molecular weight is 366 g/mol. The lowest BCUT2D eigenvalue weighted by molar-refractivity contribution is 0.176. The van der Waals surface area contributed by atoms with Crippen LogP contribution >= 0.6 is 0 Å². The molecule has 1 atom stereocenters. The smallest absolute Gasteiger partial charge is 0.317 e. The van der Waals surface area contributed by atoms with Crippen LogP contribution in [0.3, 0.4) is 0 Å². The first-order valence-corrected chi connectivity index (χ1v) is 9.11. The number of hydrogen-bond acceptors (Lipinski definition) is 5. The number of nitrogens with zero attached hydrogens (tertiary/aromatic N) is 4.